The molecule has 5 atom stereocenters. The van der Waals surface area contributed by atoms with Gasteiger partial charge in [-0.3, -0.25) is 9.59 Å². The van der Waals surface area contributed by atoms with Gasteiger partial charge in [-0.05, 0) is 57.8 Å². The maximum atomic E-state index is 12.1. The van der Waals surface area contributed by atoms with Crippen molar-refractivity contribution in [3.8, 4) is 0 Å². The lowest BCUT2D eigenvalue weighted by Gasteiger charge is -2.41. The van der Waals surface area contributed by atoms with Gasteiger partial charge in [-0.15, -0.1) is 0 Å². The van der Waals surface area contributed by atoms with Crippen LogP contribution in [0.15, 0.2) is 0 Å². The SMILES string of the molecule is CCCC(C)(C)C(=O)OCOC1C2CC3CC(C2)C(=O)OC1C3. The summed E-state index contributed by atoms with van der Waals surface area (Å²) in [4.78, 5) is 24.2. The van der Waals surface area contributed by atoms with Gasteiger partial charge >= 0.3 is 11.9 Å². The van der Waals surface area contributed by atoms with Crippen LogP contribution in [0.2, 0.25) is 0 Å². The van der Waals surface area contributed by atoms with Gasteiger partial charge in [-0.2, -0.15) is 0 Å². The Bertz CT molecular complexity index is 472. The van der Waals surface area contributed by atoms with E-state index >= 15 is 0 Å². The third kappa shape index (κ3) is 3.39. The highest BCUT2D eigenvalue weighted by Crippen LogP contribution is 2.48. The Balaban J connectivity index is 1.55. The lowest BCUT2D eigenvalue weighted by Crippen LogP contribution is -2.45. The van der Waals surface area contributed by atoms with Gasteiger partial charge in [0.05, 0.1) is 11.3 Å². The molecule has 5 heteroatoms. The zero-order chi connectivity index (χ0) is 16.6. The molecular formula is C18H28O5. The van der Waals surface area contributed by atoms with Gasteiger partial charge in [0.25, 0.3) is 0 Å². The molecule has 23 heavy (non-hydrogen) atoms. The van der Waals surface area contributed by atoms with E-state index in [0.717, 1.165) is 38.5 Å². The Kier molecular flexibility index (Phi) is 4.68. The standard InChI is InChI=1S/C18H28O5/c1-4-5-18(2,3)17(20)22-10-21-15-12-6-11-7-13(9-12)16(19)23-14(15)8-11/h11-15H,4-10H2,1-3H3. The van der Waals surface area contributed by atoms with Crippen LogP contribution < -0.4 is 0 Å². The van der Waals surface area contributed by atoms with Crippen molar-refractivity contribution in [2.75, 3.05) is 6.79 Å². The highest BCUT2D eigenvalue weighted by molar-refractivity contribution is 5.75. The summed E-state index contributed by atoms with van der Waals surface area (Å²) in [5.74, 6) is 0.697. The molecule has 0 N–H and O–H groups in total. The van der Waals surface area contributed by atoms with Crippen LogP contribution in [-0.4, -0.2) is 30.9 Å². The second-order valence-corrected chi connectivity index (χ2v) is 8.06. The fourth-order valence-corrected chi connectivity index (χ4v) is 4.60. The van der Waals surface area contributed by atoms with Gasteiger partial charge in [-0.1, -0.05) is 13.3 Å². The molecule has 4 rings (SSSR count). The molecule has 4 bridgehead atoms. The molecule has 2 heterocycles. The van der Waals surface area contributed by atoms with E-state index in [9.17, 15) is 9.59 Å². The second-order valence-electron chi connectivity index (χ2n) is 8.06. The molecule has 0 radical (unpaired) electrons. The quantitative estimate of drug-likeness (QED) is 0.555. The van der Waals surface area contributed by atoms with Gasteiger partial charge in [0.2, 0.25) is 0 Å². The first-order valence-corrected chi connectivity index (χ1v) is 8.90. The predicted octanol–water partition coefficient (Wildman–Crippen LogP) is 3.06. The number of rotatable bonds is 6. The molecule has 2 aliphatic heterocycles. The minimum Gasteiger partial charge on any atom is -0.459 e. The molecule has 0 amide bonds. The minimum absolute atomic E-state index is 0.0448. The molecule has 130 valence electrons. The third-order valence-electron chi connectivity index (χ3n) is 5.72. The van der Waals surface area contributed by atoms with Crippen LogP contribution in [-0.2, 0) is 23.8 Å². The summed E-state index contributed by atoms with van der Waals surface area (Å²) in [6.07, 6.45) is 5.26. The van der Waals surface area contributed by atoms with Crippen LogP contribution in [0.4, 0.5) is 0 Å². The fraction of sp³-hybridized carbons (Fsp3) is 0.889. The van der Waals surface area contributed by atoms with Crippen LogP contribution in [0.25, 0.3) is 0 Å². The summed E-state index contributed by atoms with van der Waals surface area (Å²) in [5, 5.41) is 0. The Hall–Kier alpha value is -1.10. The number of hydrogen-bond acceptors (Lipinski definition) is 5. The van der Waals surface area contributed by atoms with E-state index in [1.54, 1.807) is 0 Å². The van der Waals surface area contributed by atoms with E-state index < -0.39 is 5.41 Å². The second kappa shape index (κ2) is 6.42. The van der Waals surface area contributed by atoms with E-state index in [-0.39, 0.29) is 36.9 Å². The zero-order valence-electron chi connectivity index (χ0n) is 14.4. The molecule has 0 spiro atoms. The summed E-state index contributed by atoms with van der Waals surface area (Å²) < 4.78 is 16.8. The lowest BCUT2D eigenvalue weighted by atomic mass is 9.67. The van der Waals surface area contributed by atoms with Gasteiger partial charge in [-0.25, -0.2) is 0 Å². The van der Waals surface area contributed by atoms with Crippen molar-refractivity contribution in [3.63, 3.8) is 0 Å². The minimum atomic E-state index is -0.481. The predicted molar refractivity (Wildman–Crippen MR) is 83.3 cm³/mol. The normalized spacial score (nSPS) is 35.8. The van der Waals surface area contributed by atoms with E-state index in [1.807, 2.05) is 13.8 Å². The maximum absolute atomic E-state index is 12.1. The van der Waals surface area contributed by atoms with Crippen molar-refractivity contribution in [2.45, 2.75) is 71.5 Å². The number of esters is 2. The molecule has 2 saturated heterocycles. The van der Waals surface area contributed by atoms with E-state index in [0.29, 0.717) is 11.8 Å². The van der Waals surface area contributed by atoms with Crippen LogP contribution in [0.1, 0.15) is 59.3 Å². The number of ether oxygens (including phenoxy) is 3. The molecular weight excluding hydrogens is 296 g/mol. The van der Waals surface area contributed by atoms with Gasteiger partial charge in [0, 0.05) is 0 Å². The van der Waals surface area contributed by atoms with Gasteiger partial charge in [0.1, 0.15) is 12.2 Å². The lowest BCUT2D eigenvalue weighted by molar-refractivity contribution is -0.191. The molecule has 5 unspecified atom stereocenters. The van der Waals surface area contributed by atoms with Crippen LogP contribution in [0.3, 0.4) is 0 Å². The molecule has 0 aromatic carbocycles. The Labute approximate surface area is 138 Å². The summed E-state index contributed by atoms with van der Waals surface area (Å²) in [7, 11) is 0. The Morgan fingerprint density at radius 1 is 1.26 bits per heavy atom. The maximum Gasteiger partial charge on any atom is 0.313 e. The third-order valence-corrected chi connectivity index (χ3v) is 5.72. The first-order chi connectivity index (χ1) is 10.9. The van der Waals surface area contributed by atoms with Crippen molar-refractivity contribution >= 4 is 11.9 Å². The monoisotopic (exact) mass is 324 g/mol. The van der Waals surface area contributed by atoms with Crippen LogP contribution >= 0.6 is 0 Å². The number of carbonyl (C=O) groups is 2. The molecule has 2 aliphatic carbocycles. The molecule has 4 aliphatic rings. The average molecular weight is 324 g/mol. The molecule has 5 nitrogen and oxygen atoms in total. The Morgan fingerprint density at radius 3 is 2.78 bits per heavy atom. The van der Waals surface area contributed by atoms with E-state index in [2.05, 4.69) is 6.92 Å². The summed E-state index contributed by atoms with van der Waals surface area (Å²) in [6.45, 7) is 5.80. The summed E-state index contributed by atoms with van der Waals surface area (Å²) in [5.41, 5.74) is -0.481. The largest absolute Gasteiger partial charge is 0.459 e. The highest BCUT2D eigenvalue weighted by atomic mass is 16.7. The highest BCUT2D eigenvalue weighted by Gasteiger charge is 2.50. The van der Waals surface area contributed by atoms with E-state index in [1.165, 1.54) is 0 Å². The van der Waals surface area contributed by atoms with Gasteiger partial charge in [0.15, 0.2) is 6.79 Å². The van der Waals surface area contributed by atoms with E-state index in [4.69, 9.17) is 14.2 Å². The number of fused-ring (bicyclic) bond motifs is 1. The number of hydrogen-bond donors (Lipinski definition) is 0. The molecule has 0 aromatic rings. The van der Waals surface area contributed by atoms with Crippen molar-refractivity contribution < 1.29 is 23.8 Å². The molecule has 0 aromatic heterocycles. The zero-order valence-corrected chi connectivity index (χ0v) is 14.4. The summed E-state index contributed by atoms with van der Waals surface area (Å²) in [6, 6.07) is 0. The van der Waals surface area contributed by atoms with Crippen molar-refractivity contribution in [3.05, 3.63) is 0 Å². The van der Waals surface area contributed by atoms with Gasteiger partial charge < -0.3 is 14.2 Å². The first-order valence-electron chi connectivity index (χ1n) is 8.90. The van der Waals surface area contributed by atoms with Crippen LogP contribution in [0.5, 0.6) is 0 Å². The molecule has 4 fully saturated rings. The first kappa shape index (κ1) is 16.7. The number of carbonyl (C=O) groups excluding carboxylic acids is 2. The van der Waals surface area contributed by atoms with Crippen molar-refractivity contribution in [1.82, 2.24) is 0 Å². The summed E-state index contributed by atoms with van der Waals surface area (Å²) >= 11 is 0. The topological polar surface area (TPSA) is 61.8 Å². The fourth-order valence-electron chi connectivity index (χ4n) is 4.60. The van der Waals surface area contributed by atoms with Crippen molar-refractivity contribution in [2.24, 2.45) is 23.2 Å². The average Bonchev–Trinajstić information content (AvgIpc) is 2.64. The van der Waals surface area contributed by atoms with Crippen LogP contribution in [0, 0.1) is 23.2 Å². The molecule has 2 saturated carbocycles. The Morgan fingerprint density at radius 2 is 2.04 bits per heavy atom. The van der Waals surface area contributed by atoms with Crippen molar-refractivity contribution in [1.29, 1.82) is 0 Å². The smallest absolute Gasteiger partial charge is 0.313 e.